The molecule has 2 aromatic heterocycles. The largest absolute Gasteiger partial charge is 0.371 e. The third kappa shape index (κ3) is 4.34. The number of fused-ring (bicyclic) bond motifs is 1. The van der Waals surface area contributed by atoms with Gasteiger partial charge >= 0.3 is 0 Å². The summed E-state index contributed by atoms with van der Waals surface area (Å²) in [5.74, 6) is 0.312. The number of anilines is 3. The minimum Gasteiger partial charge on any atom is -0.371 e. The molecule has 2 saturated heterocycles. The van der Waals surface area contributed by atoms with E-state index in [1.807, 2.05) is 11.6 Å². The van der Waals surface area contributed by atoms with Crippen molar-refractivity contribution in [3.63, 3.8) is 0 Å². The maximum Gasteiger partial charge on any atom is 0.168 e. The number of piperidine rings is 1. The second kappa shape index (κ2) is 9.26. The van der Waals surface area contributed by atoms with Gasteiger partial charge in [-0.1, -0.05) is 6.07 Å². The maximum absolute atomic E-state index is 13.8. The minimum absolute atomic E-state index is 0.292. The lowest BCUT2D eigenvalue weighted by Gasteiger charge is -2.37. The first kappa shape index (κ1) is 22.0. The molecule has 0 radical (unpaired) electrons. The van der Waals surface area contributed by atoms with Crippen molar-refractivity contribution in [3.8, 4) is 5.69 Å². The van der Waals surface area contributed by atoms with Crippen LogP contribution in [-0.4, -0.2) is 56.9 Å². The van der Waals surface area contributed by atoms with E-state index in [2.05, 4.69) is 54.4 Å². The highest BCUT2D eigenvalue weighted by molar-refractivity contribution is 5.89. The molecule has 180 valence electrons. The molecule has 0 amide bonds. The minimum atomic E-state index is -0.292. The average molecular weight is 472 g/mol. The zero-order valence-electron chi connectivity index (χ0n) is 20.0. The average Bonchev–Trinajstić information content (AvgIpc) is 3.58. The summed E-state index contributed by atoms with van der Waals surface area (Å²) in [4.78, 5) is 14.0. The van der Waals surface area contributed by atoms with Gasteiger partial charge in [-0.3, -0.25) is 0 Å². The van der Waals surface area contributed by atoms with Crippen LogP contribution in [-0.2, 0) is 0 Å². The highest BCUT2D eigenvalue weighted by Gasteiger charge is 2.26. The second-order valence-electron chi connectivity index (χ2n) is 9.58. The molecule has 2 fully saturated rings. The molecule has 7 nitrogen and oxygen atoms in total. The highest BCUT2D eigenvalue weighted by atomic mass is 19.1. The first-order valence-corrected chi connectivity index (χ1v) is 12.5. The van der Waals surface area contributed by atoms with E-state index in [0.717, 1.165) is 35.8 Å². The number of rotatable bonds is 5. The molecule has 8 heteroatoms. The van der Waals surface area contributed by atoms with Crippen molar-refractivity contribution in [2.75, 3.05) is 36.4 Å². The lowest BCUT2D eigenvalue weighted by Crippen LogP contribution is -2.43. The van der Waals surface area contributed by atoms with E-state index in [-0.39, 0.29) is 5.82 Å². The van der Waals surface area contributed by atoms with Crippen LogP contribution >= 0.6 is 0 Å². The van der Waals surface area contributed by atoms with Crippen LogP contribution in [0.4, 0.5) is 21.6 Å². The zero-order valence-corrected chi connectivity index (χ0v) is 20.0. The summed E-state index contributed by atoms with van der Waals surface area (Å²) in [6.07, 6.45) is 8.46. The van der Waals surface area contributed by atoms with Crippen molar-refractivity contribution >= 4 is 28.2 Å². The van der Waals surface area contributed by atoms with Gasteiger partial charge in [-0.25, -0.2) is 19.0 Å². The summed E-state index contributed by atoms with van der Waals surface area (Å²) < 4.78 is 15.6. The fourth-order valence-corrected chi connectivity index (χ4v) is 5.39. The Hall–Kier alpha value is -3.52. The fraction of sp³-hybridized carbons (Fsp3) is 0.370. The summed E-state index contributed by atoms with van der Waals surface area (Å²) in [5, 5.41) is 8.61. The van der Waals surface area contributed by atoms with Crippen molar-refractivity contribution in [1.82, 2.24) is 24.6 Å². The molecule has 0 bridgehead atoms. The third-order valence-corrected chi connectivity index (χ3v) is 7.40. The van der Waals surface area contributed by atoms with Gasteiger partial charge in [0.1, 0.15) is 18.0 Å². The Bertz CT molecular complexity index is 1320. The topological polar surface area (TPSA) is 62.1 Å². The van der Waals surface area contributed by atoms with Crippen molar-refractivity contribution in [1.29, 1.82) is 0 Å². The summed E-state index contributed by atoms with van der Waals surface area (Å²) >= 11 is 0. The molecule has 4 aromatic rings. The first-order valence-electron chi connectivity index (χ1n) is 12.5. The normalized spacial score (nSPS) is 17.4. The molecule has 4 heterocycles. The van der Waals surface area contributed by atoms with Crippen LogP contribution in [0.3, 0.4) is 0 Å². The molecule has 0 aliphatic carbocycles. The number of aryl methyl sites for hydroxylation is 1. The molecule has 0 spiro atoms. The van der Waals surface area contributed by atoms with Crippen LogP contribution in [0, 0.1) is 12.7 Å². The molecule has 0 unspecified atom stereocenters. The Kier molecular flexibility index (Phi) is 5.82. The van der Waals surface area contributed by atoms with Gasteiger partial charge in [-0.15, -0.1) is 0 Å². The summed E-state index contributed by atoms with van der Waals surface area (Å²) in [7, 11) is 0. The van der Waals surface area contributed by atoms with Crippen LogP contribution in [0.25, 0.3) is 16.7 Å². The van der Waals surface area contributed by atoms with Crippen LogP contribution in [0.5, 0.6) is 0 Å². The molecule has 35 heavy (non-hydrogen) atoms. The van der Waals surface area contributed by atoms with Crippen LogP contribution in [0.2, 0.25) is 0 Å². The Morgan fingerprint density at radius 3 is 2.43 bits per heavy atom. The van der Waals surface area contributed by atoms with Gasteiger partial charge in [-0.2, -0.15) is 5.10 Å². The summed E-state index contributed by atoms with van der Waals surface area (Å²) in [5.41, 5.74) is 4.52. The summed E-state index contributed by atoms with van der Waals surface area (Å²) in [6, 6.07) is 14.0. The number of hydrogen-bond donors (Lipinski definition) is 1. The van der Waals surface area contributed by atoms with E-state index in [9.17, 15) is 4.39 Å². The van der Waals surface area contributed by atoms with Crippen LogP contribution in [0.15, 0.2) is 55.0 Å². The predicted octanol–water partition coefficient (Wildman–Crippen LogP) is 5.07. The molecule has 1 N–H and O–H groups in total. The van der Waals surface area contributed by atoms with Gasteiger partial charge in [-0.05, 0) is 87.7 Å². The van der Waals surface area contributed by atoms with E-state index in [4.69, 9.17) is 0 Å². The Labute approximate surface area is 204 Å². The second-order valence-corrected chi connectivity index (χ2v) is 9.58. The van der Waals surface area contributed by atoms with Crippen LogP contribution in [0.1, 0.15) is 31.2 Å². The highest BCUT2D eigenvalue weighted by Crippen LogP contribution is 2.29. The van der Waals surface area contributed by atoms with Crippen molar-refractivity contribution in [2.45, 2.75) is 38.6 Å². The van der Waals surface area contributed by atoms with Crippen LogP contribution < -0.4 is 10.2 Å². The van der Waals surface area contributed by atoms with Crippen molar-refractivity contribution < 1.29 is 4.39 Å². The molecular weight excluding hydrogens is 441 g/mol. The summed E-state index contributed by atoms with van der Waals surface area (Å²) in [6.45, 7) is 6.69. The van der Waals surface area contributed by atoms with Gasteiger partial charge < -0.3 is 15.1 Å². The lowest BCUT2D eigenvalue weighted by molar-refractivity contribution is 0.208. The molecule has 6 rings (SSSR count). The molecule has 2 aliphatic heterocycles. The SMILES string of the molecule is Cc1ccc(F)cc1Nc1ncnc2c1cnn2-c1ccc(N2CCC(N3CCCC3)CC2)cc1. The maximum atomic E-state index is 13.8. The third-order valence-electron chi connectivity index (χ3n) is 7.40. The number of nitrogens with zero attached hydrogens (tertiary/aromatic N) is 6. The lowest BCUT2D eigenvalue weighted by atomic mass is 10.0. The molecule has 2 aromatic carbocycles. The van der Waals surface area contributed by atoms with E-state index < -0.39 is 0 Å². The van der Waals surface area contributed by atoms with Gasteiger partial charge in [0.2, 0.25) is 0 Å². The van der Waals surface area contributed by atoms with Crippen molar-refractivity contribution in [3.05, 3.63) is 66.4 Å². The fourth-order valence-electron chi connectivity index (χ4n) is 5.39. The van der Waals surface area contributed by atoms with E-state index in [0.29, 0.717) is 17.2 Å². The Balaban J connectivity index is 1.20. The molecule has 2 aliphatic rings. The van der Waals surface area contributed by atoms with Crippen molar-refractivity contribution in [2.24, 2.45) is 0 Å². The standard InChI is InChI=1S/C27H30FN7/c1-19-4-5-20(28)16-25(19)32-26-24-17-31-35(27(24)30-18-29-26)23-8-6-21(7-9-23)34-14-10-22(11-15-34)33-12-2-3-13-33/h4-9,16-18,22H,2-3,10-15H2,1H3,(H,29,30,32). The van der Waals surface area contributed by atoms with E-state index in [1.54, 1.807) is 12.3 Å². The monoisotopic (exact) mass is 471 g/mol. The number of nitrogens with one attached hydrogen (secondary N) is 1. The number of benzene rings is 2. The predicted molar refractivity (Wildman–Crippen MR) is 137 cm³/mol. The quantitative estimate of drug-likeness (QED) is 0.438. The number of hydrogen-bond acceptors (Lipinski definition) is 6. The smallest absolute Gasteiger partial charge is 0.168 e. The van der Waals surface area contributed by atoms with Gasteiger partial charge in [0, 0.05) is 30.5 Å². The molecule has 0 atom stereocenters. The molecule has 0 saturated carbocycles. The van der Waals surface area contributed by atoms with Gasteiger partial charge in [0.05, 0.1) is 17.3 Å². The molecular formula is C27H30FN7. The van der Waals surface area contributed by atoms with Gasteiger partial charge in [0.25, 0.3) is 0 Å². The van der Waals surface area contributed by atoms with Gasteiger partial charge in [0.15, 0.2) is 5.65 Å². The number of aromatic nitrogens is 4. The van der Waals surface area contributed by atoms with E-state index >= 15 is 0 Å². The first-order chi connectivity index (χ1) is 17.2. The van der Waals surface area contributed by atoms with E-state index in [1.165, 1.54) is 62.9 Å². The number of likely N-dealkylation sites (tertiary alicyclic amines) is 1. The Morgan fingerprint density at radius 2 is 1.66 bits per heavy atom. The zero-order chi connectivity index (χ0) is 23.8. The number of halogens is 1. The Morgan fingerprint density at radius 1 is 0.914 bits per heavy atom.